The van der Waals surface area contributed by atoms with Gasteiger partial charge in [-0.25, -0.2) is 0 Å². The van der Waals surface area contributed by atoms with Crippen LogP contribution in [0.2, 0.25) is 0 Å². The van der Waals surface area contributed by atoms with Crippen LogP contribution in [0.5, 0.6) is 0 Å². The molecule has 0 aliphatic heterocycles. The van der Waals surface area contributed by atoms with Gasteiger partial charge in [0.05, 0.1) is 0 Å². The zero-order valence-electron chi connectivity index (χ0n) is 11.9. The van der Waals surface area contributed by atoms with E-state index in [0.29, 0.717) is 0 Å². The minimum absolute atomic E-state index is 0.750. The molecular formula is C20H21. The Bertz CT molecular complexity index is 578. The van der Waals surface area contributed by atoms with Crippen LogP contribution in [0.1, 0.15) is 54.2 Å². The van der Waals surface area contributed by atoms with Gasteiger partial charge in [0.25, 0.3) is 0 Å². The van der Waals surface area contributed by atoms with Gasteiger partial charge in [0.1, 0.15) is 0 Å². The first-order valence-electron chi connectivity index (χ1n) is 7.89. The second-order valence-corrected chi connectivity index (χ2v) is 6.32. The Balaban J connectivity index is 1.49. The fourth-order valence-corrected chi connectivity index (χ4v) is 4.00. The third-order valence-electron chi connectivity index (χ3n) is 5.15. The molecule has 0 aromatic heterocycles. The Kier molecular flexibility index (Phi) is 3.10. The van der Waals surface area contributed by atoms with E-state index in [4.69, 9.17) is 0 Å². The van der Waals surface area contributed by atoms with Crippen molar-refractivity contribution in [1.29, 1.82) is 0 Å². The van der Waals surface area contributed by atoms with Gasteiger partial charge in [-0.2, -0.15) is 0 Å². The highest BCUT2D eigenvalue weighted by Gasteiger charge is 2.38. The number of rotatable bonds is 2. The van der Waals surface area contributed by atoms with Gasteiger partial charge >= 0.3 is 0 Å². The summed E-state index contributed by atoms with van der Waals surface area (Å²) in [5.74, 6) is 3.33. The molecule has 101 valence electrons. The lowest BCUT2D eigenvalue weighted by Crippen LogP contribution is -2.28. The first-order chi connectivity index (χ1) is 9.92. The summed E-state index contributed by atoms with van der Waals surface area (Å²) in [6, 6.07) is 20.1. The molecule has 2 aromatic rings. The van der Waals surface area contributed by atoms with Gasteiger partial charge in [-0.1, -0.05) is 54.6 Å². The lowest BCUT2D eigenvalue weighted by Gasteiger charge is -2.42. The maximum absolute atomic E-state index is 2.36. The molecule has 0 amide bonds. The van der Waals surface area contributed by atoms with Crippen molar-refractivity contribution in [2.24, 2.45) is 0 Å². The maximum atomic E-state index is 2.36. The zero-order chi connectivity index (χ0) is 13.4. The second-order valence-electron chi connectivity index (χ2n) is 6.32. The minimum Gasteiger partial charge on any atom is -0.0622 e. The lowest BCUT2D eigenvalue weighted by atomic mass is 9.62. The summed E-state index contributed by atoms with van der Waals surface area (Å²) in [5, 5.41) is 0. The normalized spacial score (nSPS) is 23.1. The highest BCUT2D eigenvalue weighted by Crippen LogP contribution is 2.53. The predicted molar refractivity (Wildman–Crippen MR) is 83.8 cm³/mol. The van der Waals surface area contributed by atoms with Crippen LogP contribution in [0.15, 0.2) is 54.6 Å². The van der Waals surface area contributed by atoms with Crippen molar-refractivity contribution in [3.8, 4) is 0 Å². The van der Waals surface area contributed by atoms with Crippen LogP contribution in [-0.4, -0.2) is 0 Å². The molecule has 1 atom stereocenters. The molecule has 1 saturated carbocycles. The molecule has 0 N–H and O–H groups in total. The summed E-state index contributed by atoms with van der Waals surface area (Å²) in [6.45, 7) is 0. The van der Waals surface area contributed by atoms with Crippen molar-refractivity contribution in [1.82, 2.24) is 0 Å². The monoisotopic (exact) mass is 261 g/mol. The number of fused-ring (bicyclic) bond motifs is 1. The SMILES string of the molecule is c1ccc(C2C[C](C3CCCc4ccccc43)C2)cc1. The van der Waals surface area contributed by atoms with E-state index >= 15 is 0 Å². The highest BCUT2D eigenvalue weighted by molar-refractivity contribution is 5.39. The average Bonchev–Trinajstić information content (AvgIpc) is 2.47. The predicted octanol–water partition coefficient (Wildman–Crippen LogP) is 5.26. The van der Waals surface area contributed by atoms with Gasteiger partial charge in [-0.3, -0.25) is 0 Å². The molecule has 0 bridgehead atoms. The Morgan fingerprint density at radius 2 is 1.55 bits per heavy atom. The van der Waals surface area contributed by atoms with E-state index in [1.54, 1.807) is 17.0 Å². The van der Waals surface area contributed by atoms with E-state index in [1.807, 2.05) is 0 Å². The number of hydrogen-bond acceptors (Lipinski definition) is 0. The van der Waals surface area contributed by atoms with Crippen molar-refractivity contribution in [3.05, 3.63) is 77.2 Å². The average molecular weight is 261 g/mol. The van der Waals surface area contributed by atoms with Gasteiger partial charge in [-0.05, 0) is 66.5 Å². The molecule has 0 saturated heterocycles. The van der Waals surface area contributed by atoms with Crippen LogP contribution < -0.4 is 0 Å². The summed E-state index contributed by atoms with van der Waals surface area (Å²) in [6.07, 6.45) is 6.63. The van der Waals surface area contributed by atoms with E-state index in [-0.39, 0.29) is 0 Å². The minimum atomic E-state index is 0.750. The van der Waals surface area contributed by atoms with Gasteiger partial charge in [-0.15, -0.1) is 0 Å². The zero-order valence-corrected chi connectivity index (χ0v) is 11.9. The van der Waals surface area contributed by atoms with Crippen molar-refractivity contribution >= 4 is 0 Å². The van der Waals surface area contributed by atoms with Gasteiger partial charge < -0.3 is 0 Å². The first-order valence-corrected chi connectivity index (χ1v) is 7.89. The summed E-state index contributed by atoms with van der Waals surface area (Å²) >= 11 is 0. The first kappa shape index (κ1) is 12.2. The van der Waals surface area contributed by atoms with Crippen molar-refractivity contribution in [2.45, 2.75) is 43.9 Å². The molecule has 1 fully saturated rings. The van der Waals surface area contributed by atoms with E-state index in [2.05, 4.69) is 54.6 Å². The molecule has 2 aliphatic carbocycles. The molecule has 0 heteroatoms. The molecule has 0 nitrogen and oxygen atoms in total. The van der Waals surface area contributed by atoms with E-state index in [1.165, 1.54) is 37.7 Å². The quantitative estimate of drug-likeness (QED) is 0.692. The number of hydrogen-bond donors (Lipinski definition) is 0. The molecule has 1 unspecified atom stereocenters. The van der Waals surface area contributed by atoms with Crippen LogP contribution in [-0.2, 0) is 6.42 Å². The third kappa shape index (κ3) is 2.08. The largest absolute Gasteiger partial charge is 0.0622 e. The van der Waals surface area contributed by atoms with Crippen LogP contribution in [0.3, 0.4) is 0 Å². The van der Waals surface area contributed by atoms with E-state index < -0.39 is 0 Å². The fourth-order valence-electron chi connectivity index (χ4n) is 4.00. The van der Waals surface area contributed by atoms with Crippen molar-refractivity contribution in [3.63, 3.8) is 0 Å². The second kappa shape index (κ2) is 5.09. The van der Waals surface area contributed by atoms with Crippen LogP contribution >= 0.6 is 0 Å². The number of benzene rings is 2. The Labute approximate surface area is 121 Å². The molecule has 1 radical (unpaired) electrons. The Hall–Kier alpha value is -1.56. The maximum Gasteiger partial charge on any atom is -0.00965 e. The lowest BCUT2D eigenvalue weighted by molar-refractivity contribution is 0.380. The Morgan fingerprint density at radius 1 is 0.800 bits per heavy atom. The van der Waals surface area contributed by atoms with Crippen molar-refractivity contribution < 1.29 is 0 Å². The summed E-state index contributed by atoms with van der Waals surface area (Å²) in [4.78, 5) is 0. The van der Waals surface area contributed by atoms with Crippen LogP contribution in [0.25, 0.3) is 0 Å². The molecular weight excluding hydrogens is 240 g/mol. The van der Waals surface area contributed by atoms with E-state index in [0.717, 1.165) is 11.8 Å². The van der Waals surface area contributed by atoms with E-state index in [9.17, 15) is 0 Å². The standard InChI is InChI=1S/C20H21/c1-2-7-15(8-3-1)17-13-18(14-17)20-12-6-10-16-9-4-5-11-19(16)20/h1-5,7-9,11,17,20H,6,10,12-14H2. The topological polar surface area (TPSA) is 0 Å². The smallest absolute Gasteiger partial charge is 0.00965 e. The highest BCUT2D eigenvalue weighted by atomic mass is 14.4. The van der Waals surface area contributed by atoms with Crippen molar-refractivity contribution in [2.75, 3.05) is 0 Å². The summed E-state index contributed by atoms with van der Waals surface area (Å²) in [5.41, 5.74) is 4.75. The van der Waals surface area contributed by atoms with Gasteiger partial charge in [0, 0.05) is 0 Å². The van der Waals surface area contributed by atoms with Crippen LogP contribution in [0, 0.1) is 5.92 Å². The molecule has 20 heavy (non-hydrogen) atoms. The molecule has 0 spiro atoms. The molecule has 0 heterocycles. The molecule has 2 aliphatic rings. The summed E-state index contributed by atoms with van der Waals surface area (Å²) in [7, 11) is 0. The fraction of sp³-hybridized carbons (Fsp3) is 0.350. The van der Waals surface area contributed by atoms with Gasteiger partial charge in [0.15, 0.2) is 0 Å². The third-order valence-corrected chi connectivity index (χ3v) is 5.15. The van der Waals surface area contributed by atoms with Crippen LogP contribution in [0.4, 0.5) is 0 Å². The van der Waals surface area contributed by atoms with Gasteiger partial charge in [0.2, 0.25) is 0 Å². The molecule has 2 aromatic carbocycles. The molecule has 4 rings (SSSR count). The summed E-state index contributed by atoms with van der Waals surface area (Å²) < 4.78 is 0. The Morgan fingerprint density at radius 3 is 2.40 bits per heavy atom. The number of aryl methyl sites for hydroxylation is 1.